The molecule has 2 atom stereocenters. The van der Waals surface area contributed by atoms with Gasteiger partial charge in [0.2, 0.25) is 15.8 Å². The molecule has 7 nitrogen and oxygen atoms in total. The molecule has 21 heavy (non-hydrogen) atoms. The number of rotatable bonds is 4. The molecule has 0 aromatic carbocycles. The van der Waals surface area contributed by atoms with Crippen LogP contribution < -0.4 is 5.32 Å². The van der Waals surface area contributed by atoms with E-state index in [1.54, 1.807) is 6.92 Å². The Kier molecular flexibility index (Phi) is 4.38. The summed E-state index contributed by atoms with van der Waals surface area (Å²) in [5.41, 5.74) is 0.520. The van der Waals surface area contributed by atoms with Crippen molar-refractivity contribution >= 4 is 15.9 Å². The topological polar surface area (TPSA) is 92.5 Å². The van der Waals surface area contributed by atoms with Crippen molar-refractivity contribution in [2.45, 2.75) is 26.8 Å². The molecule has 0 bridgehead atoms. The number of sulfonamides is 1. The summed E-state index contributed by atoms with van der Waals surface area (Å²) in [6, 6.07) is -0.225. The summed E-state index contributed by atoms with van der Waals surface area (Å²) < 4.78 is 29.9. The lowest BCUT2D eigenvalue weighted by Crippen LogP contribution is -2.42. The molecule has 8 heteroatoms. The molecule has 0 radical (unpaired) electrons. The molecule has 1 amide bonds. The number of aryl methyl sites for hydroxylation is 1. The number of hydrogen-bond acceptors (Lipinski definition) is 5. The van der Waals surface area contributed by atoms with Gasteiger partial charge in [-0.05, 0) is 18.8 Å². The Labute approximate surface area is 124 Å². The molecule has 1 aromatic heterocycles. The monoisotopic (exact) mass is 315 g/mol. The lowest BCUT2D eigenvalue weighted by Gasteiger charge is -2.22. The summed E-state index contributed by atoms with van der Waals surface area (Å²) in [5, 5.41) is 2.88. The van der Waals surface area contributed by atoms with Gasteiger partial charge in [-0.3, -0.25) is 4.79 Å². The molecule has 0 spiro atoms. The second-order valence-corrected chi connectivity index (χ2v) is 7.82. The van der Waals surface area contributed by atoms with Gasteiger partial charge in [0.15, 0.2) is 6.39 Å². The van der Waals surface area contributed by atoms with Crippen molar-refractivity contribution in [3.8, 4) is 0 Å². The molecule has 1 fully saturated rings. The summed E-state index contributed by atoms with van der Waals surface area (Å²) >= 11 is 0. The highest BCUT2D eigenvalue weighted by Crippen LogP contribution is 2.26. The maximum atomic E-state index is 12.2. The van der Waals surface area contributed by atoms with Crippen molar-refractivity contribution < 1.29 is 17.6 Å². The van der Waals surface area contributed by atoms with E-state index < -0.39 is 10.0 Å². The fourth-order valence-electron chi connectivity index (χ4n) is 2.64. The highest BCUT2D eigenvalue weighted by atomic mass is 32.2. The van der Waals surface area contributed by atoms with Crippen LogP contribution in [-0.4, -0.2) is 49.0 Å². The van der Waals surface area contributed by atoms with Gasteiger partial charge in [-0.25, -0.2) is 13.4 Å². The standard InChI is InChI=1S/C13H21N3O4S/c1-8(2)10-5-16(21(4,18)19)6-11(10)15-13(17)12-9(3)14-7-20-12/h7-8,10-11H,5-6H2,1-4H3,(H,15,17)/t10-,11+/m0/s1. The number of hydrogen-bond donors (Lipinski definition) is 1. The molecule has 0 aliphatic carbocycles. The van der Waals surface area contributed by atoms with Crippen LogP contribution in [0.4, 0.5) is 0 Å². The summed E-state index contributed by atoms with van der Waals surface area (Å²) in [5.74, 6) is 0.163. The Balaban J connectivity index is 2.14. The van der Waals surface area contributed by atoms with Crippen LogP contribution in [0.15, 0.2) is 10.8 Å². The first-order valence-electron chi connectivity index (χ1n) is 6.86. The molecular weight excluding hydrogens is 294 g/mol. The number of aromatic nitrogens is 1. The van der Waals surface area contributed by atoms with Crippen LogP contribution in [-0.2, 0) is 10.0 Å². The molecule has 0 unspecified atom stereocenters. The van der Waals surface area contributed by atoms with E-state index in [-0.39, 0.29) is 29.5 Å². The average Bonchev–Trinajstić information content (AvgIpc) is 2.94. The Morgan fingerprint density at radius 3 is 2.62 bits per heavy atom. The Morgan fingerprint density at radius 2 is 2.14 bits per heavy atom. The minimum absolute atomic E-state index is 0.0758. The second kappa shape index (κ2) is 5.76. The smallest absolute Gasteiger partial charge is 0.289 e. The third kappa shape index (κ3) is 3.44. The molecule has 2 heterocycles. The van der Waals surface area contributed by atoms with Crippen LogP contribution in [0.5, 0.6) is 0 Å². The van der Waals surface area contributed by atoms with Gasteiger partial charge in [0.25, 0.3) is 5.91 Å². The van der Waals surface area contributed by atoms with E-state index in [1.165, 1.54) is 17.0 Å². The average molecular weight is 315 g/mol. The quantitative estimate of drug-likeness (QED) is 0.879. The van der Waals surface area contributed by atoms with Crippen LogP contribution in [0.2, 0.25) is 0 Å². The zero-order valence-electron chi connectivity index (χ0n) is 12.7. The maximum Gasteiger partial charge on any atom is 0.289 e. The van der Waals surface area contributed by atoms with Crippen LogP contribution in [0.25, 0.3) is 0 Å². The third-order valence-corrected chi connectivity index (χ3v) is 5.16. The molecule has 1 N–H and O–H groups in total. The highest BCUT2D eigenvalue weighted by molar-refractivity contribution is 7.88. The van der Waals surface area contributed by atoms with Crippen LogP contribution in [0.3, 0.4) is 0 Å². The first-order valence-corrected chi connectivity index (χ1v) is 8.71. The van der Waals surface area contributed by atoms with Gasteiger partial charge in [0.05, 0.1) is 11.9 Å². The summed E-state index contributed by atoms with van der Waals surface area (Å²) in [7, 11) is -3.25. The third-order valence-electron chi connectivity index (χ3n) is 3.93. The first kappa shape index (κ1) is 16.0. The van der Waals surface area contributed by atoms with Gasteiger partial charge in [0, 0.05) is 19.1 Å². The van der Waals surface area contributed by atoms with E-state index in [4.69, 9.17) is 4.42 Å². The first-order chi connectivity index (χ1) is 9.70. The van der Waals surface area contributed by atoms with Crippen molar-refractivity contribution in [1.29, 1.82) is 0 Å². The van der Waals surface area contributed by atoms with Gasteiger partial charge in [-0.15, -0.1) is 0 Å². The lowest BCUT2D eigenvalue weighted by molar-refractivity contribution is 0.0896. The molecule has 1 aliphatic rings. The molecule has 1 saturated heterocycles. The fraction of sp³-hybridized carbons (Fsp3) is 0.692. The zero-order valence-corrected chi connectivity index (χ0v) is 13.5. The van der Waals surface area contributed by atoms with E-state index in [1.807, 2.05) is 13.8 Å². The SMILES string of the molecule is Cc1ncoc1C(=O)N[C@@H]1CN(S(C)(=O)=O)C[C@H]1C(C)C. The van der Waals surface area contributed by atoms with Crippen molar-refractivity contribution in [2.24, 2.45) is 11.8 Å². The predicted molar refractivity (Wildman–Crippen MR) is 77.2 cm³/mol. The number of amides is 1. The van der Waals surface area contributed by atoms with Gasteiger partial charge in [0.1, 0.15) is 0 Å². The van der Waals surface area contributed by atoms with E-state index in [2.05, 4.69) is 10.3 Å². The van der Waals surface area contributed by atoms with Gasteiger partial charge < -0.3 is 9.73 Å². The Hall–Kier alpha value is -1.41. The number of oxazole rings is 1. The fourth-order valence-corrected chi connectivity index (χ4v) is 3.52. The summed E-state index contributed by atoms with van der Waals surface area (Å²) in [6.07, 6.45) is 2.41. The van der Waals surface area contributed by atoms with Crippen LogP contribution in [0.1, 0.15) is 30.1 Å². The molecule has 118 valence electrons. The van der Waals surface area contributed by atoms with Crippen LogP contribution in [0, 0.1) is 18.8 Å². The summed E-state index contributed by atoms with van der Waals surface area (Å²) in [6.45, 7) is 6.46. The number of carbonyl (C=O) groups excluding carboxylic acids is 1. The lowest BCUT2D eigenvalue weighted by atomic mass is 9.91. The van der Waals surface area contributed by atoms with Crippen molar-refractivity contribution in [3.05, 3.63) is 17.8 Å². The number of nitrogens with one attached hydrogen (secondary N) is 1. The minimum Gasteiger partial charge on any atom is -0.438 e. The van der Waals surface area contributed by atoms with E-state index >= 15 is 0 Å². The van der Waals surface area contributed by atoms with E-state index in [9.17, 15) is 13.2 Å². The second-order valence-electron chi connectivity index (χ2n) is 5.83. The van der Waals surface area contributed by atoms with E-state index in [0.29, 0.717) is 18.8 Å². The molecule has 1 aliphatic heterocycles. The normalized spacial score (nSPS) is 23.7. The van der Waals surface area contributed by atoms with Gasteiger partial charge in [-0.1, -0.05) is 13.8 Å². The molecule has 2 rings (SSSR count). The minimum atomic E-state index is -3.25. The van der Waals surface area contributed by atoms with Gasteiger partial charge >= 0.3 is 0 Å². The summed E-state index contributed by atoms with van der Waals surface area (Å²) in [4.78, 5) is 16.1. The Morgan fingerprint density at radius 1 is 1.48 bits per heavy atom. The molecular formula is C13H21N3O4S. The maximum absolute atomic E-state index is 12.2. The zero-order chi connectivity index (χ0) is 15.8. The van der Waals surface area contributed by atoms with Crippen molar-refractivity contribution in [1.82, 2.24) is 14.6 Å². The van der Waals surface area contributed by atoms with E-state index in [0.717, 1.165) is 0 Å². The van der Waals surface area contributed by atoms with Crippen LogP contribution >= 0.6 is 0 Å². The Bertz CT molecular complexity index is 623. The van der Waals surface area contributed by atoms with Crippen molar-refractivity contribution in [3.63, 3.8) is 0 Å². The largest absolute Gasteiger partial charge is 0.438 e. The predicted octanol–water partition coefficient (Wildman–Crippen LogP) is 0.629. The van der Waals surface area contributed by atoms with Gasteiger partial charge in [-0.2, -0.15) is 4.31 Å². The van der Waals surface area contributed by atoms with Crippen molar-refractivity contribution in [2.75, 3.05) is 19.3 Å². The molecule has 0 saturated carbocycles. The highest BCUT2D eigenvalue weighted by Gasteiger charge is 2.39. The molecule has 1 aromatic rings. The number of nitrogens with zero attached hydrogens (tertiary/aromatic N) is 2. The number of carbonyl (C=O) groups is 1.